The van der Waals surface area contributed by atoms with E-state index in [4.69, 9.17) is 9.15 Å². The highest BCUT2D eigenvalue weighted by Crippen LogP contribution is 2.33. The van der Waals surface area contributed by atoms with Crippen LogP contribution in [0.15, 0.2) is 21.3 Å². The Morgan fingerprint density at radius 1 is 1.09 bits per heavy atom. The Morgan fingerprint density at radius 2 is 1.91 bits per heavy atom. The summed E-state index contributed by atoms with van der Waals surface area (Å²) in [4.78, 5) is 27.6. The fourth-order valence-electron chi connectivity index (χ4n) is 6.04. The van der Waals surface area contributed by atoms with Gasteiger partial charge in [0.1, 0.15) is 11.3 Å². The van der Waals surface area contributed by atoms with E-state index in [0.717, 1.165) is 54.3 Å². The van der Waals surface area contributed by atoms with Crippen molar-refractivity contribution in [3.63, 3.8) is 0 Å². The molecule has 1 aliphatic carbocycles. The third-order valence-corrected chi connectivity index (χ3v) is 7.74. The molecule has 5 rings (SSSR count). The zero-order chi connectivity index (χ0) is 22.1. The smallest absolute Gasteiger partial charge is 0.339 e. The van der Waals surface area contributed by atoms with Gasteiger partial charge in [0.15, 0.2) is 6.61 Å². The molecule has 3 aliphatic rings. The summed E-state index contributed by atoms with van der Waals surface area (Å²) in [6.07, 6.45) is 10.1. The molecule has 1 aromatic carbocycles. The van der Waals surface area contributed by atoms with E-state index in [-0.39, 0.29) is 18.1 Å². The molecule has 2 fully saturated rings. The predicted octanol–water partition coefficient (Wildman–Crippen LogP) is 3.74. The first-order valence-electron chi connectivity index (χ1n) is 12.3. The molecular weight excluding hydrogens is 404 g/mol. The Morgan fingerprint density at radius 3 is 2.78 bits per heavy atom. The summed E-state index contributed by atoms with van der Waals surface area (Å²) in [6.45, 7) is 5.01. The summed E-state index contributed by atoms with van der Waals surface area (Å²) in [7, 11) is 0. The van der Waals surface area contributed by atoms with Crippen LogP contribution in [-0.2, 0) is 17.6 Å². The molecule has 2 aliphatic heterocycles. The number of nitrogens with zero attached hydrogens (tertiary/aromatic N) is 1. The van der Waals surface area contributed by atoms with Gasteiger partial charge in [0.05, 0.1) is 0 Å². The number of hydrogen-bond donors (Lipinski definition) is 1. The second-order valence-electron chi connectivity index (χ2n) is 9.71. The molecule has 0 saturated carbocycles. The first-order chi connectivity index (χ1) is 15.6. The van der Waals surface area contributed by atoms with Gasteiger partial charge in [-0.1, -0.05) is 6.42 Å². The Balaban J connectivity index is 1.23. The summed E-state index contributed by atoms with van der Waals surface area (Å²) < 4.78 is 11.5. The fraction of sp³-hybridized carbons (Fsp3) is 0.615. The number of aryl methyl sites for hydroxylation is 2. The number of benzene rings is 1. The number of rotatable bonds is 5. The lowest BCUT2D eigenvalue weighted by Crippen LogP contribution is -2.51. The average molecular weight is 439 g/mol. The quantitative estimate of drug-likeness (QED) is 0.720. The van der Waals surface area contributed by atoms with Crippen LogP contribution in [-0.4, -0.2) is 43.1 Å². The summed E-state index contributed by atoms with van der Waals surface area (Å²) in [5.41, 5.74) is 3.10. The van der Waals surface area contributed by atoms with Crippen LogP contribution in [0, 0.1) is 12.8 Å². The molecule has 0 radical (unpaired) electrons. The average Bonchev–Trinajstić information content (AvgIpc) is 2.83. The molecule has 0 spiro atoms. The number of hydrogen-bond acceptors (Lipinski definition) is 5. The highest BCUT2D eigenvalue weighted by molar-refractivity contribution is 5.86. The van der Waals surface area contributed by atoms with Crippen molar-refractivity contribution in [3.05, 3.63) is 39.2 Å². The van der Waals surface area contributed by atoms with Crippen LogP contribution in [0.3, 0.4) is 0 Å². The highest BCUT2D eigenvalue weighted by Gasteiger charge is 2.33. The van der Waals surface area contributed by atoms with Gasteiger partial charge in [0.25, 0.3) is 5.91 Å². The van der Waals surface area contributed by atoms with Gasteiger partial charge >= 0.3 is 5.63 Å². The minimum absolute atomic E-state index is 0.0252. The van der Waals surface area contributed by atoms with Crippen LogP contribution < -0.4 is 15.7 Å². The van der Waals surface area contributed by atoms with Gasteiger partial charge in [0.2, 0.25) is 0 Å². The van der Waals surface area contributed by atoms with Crippen LogP contribution >= 0.6 is 0 Å². The van der Waals surface area contributed by atoms with Gasteiger partial charge in [-0.25, -0.2) is 4.79 Å². The Bertz CT molecular complexity index is 1060. The maximum atomic E-state index is 12.5. The van der Waals surface area contributed by atoms with Crippen LogP contribution in [0.5, 0.6) is 5.75 Å². The molecule has 1 N–H and O–H groups in total. The van der Waals surface area contributed by atoms with Crippen LogP contribution in [0.25, 0.3) is 11.0 Å². The Labute approximate surface area is 189 Å². The molecule has 3 heterocycles. The normalized spacial score (nSPS) is 23.4. The van der Waals surface area contributed by atoms with Crippen molar-refractivity contribution >= 4 is 16.9 Å². The first-order valence-corrected chi connectivity index (χ1v) is 12.3. The number of carbonyl (C=O) groups is 1. The van der Waals surface area contributed by atoms with Crippen molar-refractivity contribution in [1.29, 1.82) is 0 Å². The van der Waals surface area contributed by atoms with Crippen molar-refractivity contribution in [2.24, 2.45) is 5.92 Å². The lowest BCUT2D eigenvalue weighted by atomic mass is 9.83. The molecule has 6 nitrogen and oxygen atoms in total. The second kappa shape index (κ2) is 9.26. The Hall–Kier alpha value is -2.34. The van der Waals surface area contributed by atoms with Gasteiger partial charge < -0.3 is 19.4 Å². The molecule has 1 aromatic heterocycles. The van der Waals surface area contributed by atoms with E-state index in [1.807, 2.05) is 19.1 Å². The van der Waals surface area contributed by atoms with Crippen molar-refractivity contribution in [3.8, 4) is 5.75 Å². The van der Waals surface area contributed by atoms with Gasteiger partial charge in [-0.05, 0) is 95.0 Å². The lowest BCUT2D eigenvalue weighted by Gasteiger charge is -2.44. The van der Waals surface area contributed by atoms with Gasteiger partial charge in [-0.3, -0.25) is 4.79 Å². The van der Waals surface area contributed by atoms with E-state index < -0.39 is 0 Å². The zero-order valence-corrected chi connectivity index (χ0v) is 19.1. The van der Waals surface area contributed by atoms with Crippen LogP contribution in [0.4, 0.5) is 0 Å². The topological polar surface area (TPSA) is 71.8 Å². The standard InChI is InChI=1S/C26H34N2O4/c1-17-23(12-11-20-19-8-2-3-9-21(19)26(30)32-25(17)20)31-16-24(29)27-15-18-7-6-14-28-13-5-4-10-22(18)28/h11-12,18,22H,2-10,13-16H2,1H3,(H,27,29)/t18-,22+/m0/s1. The maximum absolute atomic E-state index is 12.5. The largest absolute Gasteiger partial charge is 0.483 e. The Kier molecular flexibility index (Phi) is 6.22. The molecule has 2 aromatic rings. The first kappa shape index (κ1) is 21.5. The van der Waals surface area contributed by atoms with E-state index in [0.29, 0.717) is 23.3 Å². The fourth-order valence-corrected chi connectivity index (χ4v) is 6.04. The third kappa shape index (κ3) is 4.17. The number of nitrogens with one attached hydrogen (secondary N) is 1. The number of amides is 1. The van der Waals surface area contributed by atoms with Crippen LogP contribution in [0.2, 0.25) is 0 Å². The van der Waals surface area contributed by atoms with Crippen molar-refractivity contribution in [2.75, 3.05) is 26.2 Å². The molecule has 172 valence electrons. The van der Waals surface area contributed by atoms with E-state index >= 15 is 0 Å². The minimum Gasteiger partial charge on any atom is -0.483 e. The monoisotopic (exact) mass is 438 g/mol. The minimum atomic E-state index is -0.227. The van der Waals surface area contributed by atoms with Gasteiger partial charge in [-0.15, -0.1) is 0 Å². The number of fused-ring (bicyclic) bond motifs is 4. The third-order valence-electron chi connectivity index (χ3n) is 7.74. The maximum Gasteiger partial charge on any atom is 0.339 e. The van der Waals surface area contributed by atoms with Crippen molar-refractivity contribution < 1.29 is 13.9 Å². The van der Waals surface area contributed by atoms with Gasteiger partial charge in [0, 0.05) is 29.1 Å². The predicted molar refractivity (Wildman–Crippen MR) is 124 cm³/mol. The van der Waals surface area contributed by atoms with Gasteiger partial charge in [-0.2, -0.15) is 0 Å². The van der Waals surface area contributed by atoms with Crippen molar-refractivity contribution in [2.45, 2.75) is 70.8 Å². The van der Waals surface area contributed by atoms with E-state index in [9.17, 15) is 9.59 Å². The summed E-state index contributed by atoms with van der Waals surface area (Å²) in [6, 6.07) is 4.50. The number of piperidine rings is 2. The molecule has 0 unspecified atom stereocenters. The highest BCUT2D eigenvalue weighted by atomic mass is 16.5. The van der Waals surface area contributed by atoms with Crippen LogP contribution in [0.1, 0.15) is 61.6 Å². The SMILES string of the molecule is Cc1c(OCC(=O)NC[C@@H]2CCCN3CCCC[C@H]23)ccc2c3c(c(=O)oc12)CCCC3. The molecular formula is C26H34N2O4. The molecule has 1 amide bonds. The summed E-state index contributed by atoms with van der Waals surface area (Å²) >= 11 is 0. The van der Waals surface area contributed by atoms with E-state index in [1.165, 1.54) is 45.2 Å². The second-order valence-corrected chi connectivity index (χ2v) is 9.71. The lowest BCUT2D eigenvalue weighted by molar-refractivity contribution is -0.123. The van der Waals surface area contributed by atoms with E-state index in [1.54, 1.807) is 0 Å². The zero-order valence-electron chi connectivity index (χ0n) is 19.1. The molecule has 0 bridgehead atoms. The molecule has 2 saturated heterocycles. The molecule has 32 heavy (non-hydrogen) atoms. The van der Waals surface area contributed by atoms with E-state index in [2.05, 4.69) is 10.2 Å². The number of ether oxygens (including phenoxy) is 1. The molecule has 2 atom stereocenters. The number of carbonyl (C=O) groups excluding carboxylic acids is 1. The summed E-state index contributed by atoms with van der Waals surface area (Å²) in [5, 5.41) is 4.10. The van der Waals surface area contributed by atoms with Crippen molar-refractivity contribution in [1.82, 2.24) is 10.2 Å². The molecule has 6 heteroatoms. The summed E-state index contributed by atoms with van der Waals surface area (Å²) in [5.74, 6) is 1.04.